The molecule has 1 aliphatic rings. The lowest BCUT2D eigenvalue weighted by Gasteiger charge is -2.28. The Balaban J connectivity index is 0.00000121. The molecule has 0 saturated carbocycles. The van der Waals surface area contributed by atoms with E-state index in [0.717, 1.165) is 30.0 Å². The van der Waals surface area contributed by atoms with Crippen LogP contribution in [0.4, 0.5) is 11.5 Å². The lowest BCUT2D eigenvalue weighted by Crippen LogP contribution is -2.52. The Morgan fingerprint density at radius 1 is 1.23 bits per heavy atom. The molecule has 0 unspecified atom stereocenters. The van der Waals surface area contributed by atoms with E-state index in [-0.39, 0.29) is 39.5 Å². The number of anilines is 2. The van der Waals surface area contributed by atoms with Crippen molar-refractivity contribution in [2.45, 2.75) is 6.04 Å². The van der Waals surface area contributed by atoms with Crippen LogP contribution in [0.1, 0.15) is 0 Å². The van der Waals surface area contributed by atoms with E-state index in [1.165, 1.54) is 0 Å². The molecule has 4 N–H and O–H groups in total. The van der Waals surface area contributed by atoms with Gasteiger partial charge in [-0.3, -0.25) is 4.79 Å². The maximum absolute atomic E-state index is 11.8. The van der Waals surface area contributed by atoms with Crippen LogP contribution in [0.15, 0.2) is 35.4 Å². The number of hydrogen-bond acceptors (Lipinski definition) is 5. The molecule has 22 heavy (non-hydrogen) atoms. The van der Waals surface area contributed by atoms with Gasteiger partial charge in [-0.25, -0.2) is 4.98 Å². The molecule has 0 bridgehead atoms. The van der Waals surface area contributed by atoms with Crippen molar-refractivity contribution >= 4 is 45.5 Å². The molecule has 1 saturated heterocycles. The number of H-pyrrole nitrogens is 1. The van der Waals surface area contributed by atoms with Crippen LogP contribution in [0.2, 0.25) is 0 Å². The molecular formula is C14H19Br2N5O. The molecule has 0 aliphatic carbocycles. The predicted molar refractivity (Wildman–Crippen MR) is 101 cm³/mol. The summed E-state index contributed by atoms with van der Waals surface area (Å²) in [6.07, 6.45) is 3.47. The maximum Gasteiger partial charge on any atom is 0.271 e. The lowest BCUT2D eigenvalue weighted by molar-refractivity contribution is 0.472. The van der Waals surface area contributed by atoms with Crippen LogP contribution >= 0.6 is 34.0 Å². The molecule has 0 spiro atoms. The molecule has 3 heterocycles. The number of aromatic amines is 1. The zero-order valence-corrected chi connectivity index (χ0v) is 15.5. The Bertz CT molecular complexity index is 672. The molecule has 8 heteroatoms. The van der Waals surface area contributed by atoms with Gasteiger partial charge < -0.3 is 20.9 Å². The van der Waals surface area contributed by atoms with Gasteiger partial charge in [0.2, 0.25) is 0 Å². The second-order valence-corrected chi connectivity index (χ2v) is 4.81. The minimum atomic E-state index is -0.0939. The third-order valence-electron chi connectivity index (χ3n) is 3.39. The molecule has 6 nitrogen and oxygen atoms in total. The van der Waals surface area contributed by atoms with E-state index in [1.807, 2.05) is 25.2 Å². The third-order valence-corrected chi connectivity index (χ3v) is 3.39. The summed E-state index contributed by atoms with van der Waals surface area (Å²) in [6.45, 7) is 1.78. The van der Waals surface area contributed by atoms with Crippen LogP contribution in [0, 0.1) is 0 Å². The van der Waals surface area contributed by atoms with Crippen molar-refractivity contribution in [2.24, 2.45) is 0 Å². The smallest absolute Gasteiger partial charge is 0.271 e. The Hall–Kier alpha value is -1.38. The van der Waals surface area contributed by atoms with E-state index < -0.39 is 0 Å². The van der Waals surface area contributed by atoms with Crippen LogP contribution in [0.25, 0.3) is 11.1 Å². The molecule has 0 atom stereocenters. The van der Waals surface area contributed by atoms with Gasteiger partial charge in [-0.1, -0.05) is 0 Å². The van der Waals surface area contributed by atoms with Gasteiger partial charge in [0.15, 0.2) is 0 Å². The molecular weight excluding hydrogens is 414 g/mol. The Labute approximate surface area is 149 Å². The van der Waals surface area contributed by atoms with E-state index in [4.69, 9.17) is 0 Å². The summed E-state index contributed by atoms with van der Waals surface area (Å²) in [7, 11) is 1.83. The van der Waals surface area contributed by atoms with Crippen molar-refractivity contribution in [3.63, 3.8) is 0 Å². The maximum atomic E-state index is 11.8. The molecule has 120 valence electrons. The highest BCUT2D eigenvalue weighted by atomic mass is 79.9. The van der Waals surface area contributed by atoms with Crippen LogP contribution < -0.4 is 21.5 Å². The fourth-order valence-corrected chi connectivity index (χ4v) is 2.12. The standard InChI is InChI=1S/C14H17N5O.2BrH/c1-15-13-5-9(2-3-17-13)10-4-12(14(20)18-6-10)19-11-7-16-8-11;;/h2-6,11,16,19H,7-8H2,1H3,(H,15,17)(H,18,20);2*1H. The van der Waals surface area contributed by atoms with Crippen molar-refractivity contribution in [2.75, 3.05) is 30.8 Å². The Morgan fingerprint density at radius 2 is 2.00 bits per heavy atom. The van der Waals surface area contributed by atoms with Crippen LogP contribution in [-0.4, -0.2) is 36.1 Å². The summed E-state index contributed by atoms with van der Waals surface area (Å²) in [5.74, 6) is 0.798. The zero-order chi connectivity index (χ0) is 13.9. The van der Waals surface area contributed by atoms with Crippen molar-refractivity contribution in [1.29, 1.82) is 0 Å². The summed E-state index contributed by atoms with van der Waals surface area (Å²) in [4.78, 5) is 18.8. The van der Waals surface area contributed by atoms with Gasteiger partial charge in [-0.05, 0) is 23.8 Å². The number of halogens is 2. The van der Waals surface area contributed by atoms with Crippen molar-refractivity contribution in [1.82, 2.24) is 15.3 Å². The number of aromatic nitrogens is 2. The summed E-state index contributed by atoms with van der Waals surface area (Å²) in [5, 5.41) is 9.43. The van der Waals surface area contributed by atoms with Gasteiger partial charge >= 0.3 is 0 Å². The molecule has 2 aromatic rings. The third kappa shape index (κ3) is 4.08. The molecule has 2 aromatic heterocycles. The van der Waals surface area contributed by atoms with Gasteiger partial charge in [0, 0.05) is 38.1 Å². The van der Waals surface area contributed by atoms with Gasteiger partial charge in [0.05, 0.1) is 6.04 Å². The average molecular weight is 433 g/mol. The SMILES string of the molecule is Br.Br.CNc1cc(-c2c[nH]c(=O)c(NC3CNC3)c2)ccn1. The highest BCUT2D eigenvalue weighted by molar-refractivity contribution is 8.93. The van der Waals surface area contributed by atoms with Crippen molar-refractivity contribution in [3.8, 4) is 11.1 Å². The highest BCUT2D eigenvalue weighted by Gasteiger charge is 2.17. The number of pyridine rings is 2. The van der Waals surface area contributed by atoms with E-state index in [1.54, 1.807) is 12.4 Å². The number of nitrogens with one attached hydrogen (secondary N) is 4. The second kappa shape index (κ2) is 8.30. The molecule has 0 amide bonds. The van der Waals surface area contributed by atoms with E-state index in [2.05, 4.69) is 25.9 Å². The molecule has 0 aromatic carbocycles. The number of nitrogens with zero attached hydrogens (tertiary/aromatic N) is 1. The van der Waals surface area contributed by atoms with Crippen LogP contribution in [0.5, 0.6) is 0 Å². The first-order chi connectivity index (χ1) is 9.76. The number of rotatable bonds is 4. The van der Waals surface area contributed by atoms with Crippen LogP contribution in [0.3, 0.4) is 0 Å². The Morgan fingerprint density at radius 3 is 2.64 bits per heavy atom. The summed E-state index contributed by atoms with van der Waals surface area (Å²) < 4.78 is 0. The first-order valence-corrected chi connectivity index (χ1v) is 6.60. The highest BCUT2D eigenvalue weighted by Crippen LogP contribution is 2.21. The second-order valence-electron chi connectivity index (χ2n) is 4.81. The summed E-state index contributed by atoms with van der Waals surface area (Å²) >= 11 is 0. The van der Waals surface area contributed by atoms with E-state index in [9.17, 15) is 4.79 Å². The van der Waals surface area contributed by atoms with Crippen molar-refractivity contribution in [3.05, 3.63) is 40.9 Å². The number of hydrogen-bond donors (Lipinski definition) is 4. The molecule has 0 radical (unpaired) electrons. The first kappa shape index (κ1) is 18.7. The zero-order valence-electron chi connectivity index (χ0n) is 12.1. The normalized spacial score (nSPS) is 13.3. The molecule has 3 rings (SSSR count). The molecule has 1 fully saturated rings. The fourth-order valence-electron chi connectivity index (χ4n) is 2.12. The first-order valence-electron chi connectivity index (χ1n) is 6.60. The Kier molecular flexibility index (Phi) is 7.05. The van der Waals surface area contributed by atoms with Gasteiger partial charge in [0.1, 0.15) is 11.5 Å². The van der Waals surface area contributed by atoms with Crippen molar-refractivity contribution < 1.29 is 0 Å². The van der Waals surface area contributed by atoms with Crippen LogP contribution in [-0.2, 0) is 0 Å². The van der Waals surface area contributed by atoms with Gasteiger partial charge in [0.25, 0.3) is 5.56 Å². The molecule has 1 aliphatic heterocycles. The fraction of sp³-hybridized carbons (Fsp3) is 0.286. The van der Waals surface area contributed by atoms with E-state index in [0.29, 0.717) is 11.7 Å². The predicted octanol–water partition coefficient (Wildman–Crippen LogP) is 2.02. The minimum Gasteiger partial charge on any atom is -0.375 e. The largest absolute Gasteiger partial charge is 0.375 e. The average Bonchev–Trinajstić information content (AvgIpc) is 2.44. The van der Waals surface area contributed by atoms with Gasteiger partial charge in [-0.15, -0.1) is 34.0 Å². The lowest BCUT2D eigenvalue weighted by atomic mass is 10.1. The monoisotopic (exact) mass is 431 g/mol. The quantitative estimate of drug-likeness (QED) is 0.594. The summed E-state index contributed by atoms with van der Waals surface area (Å²) in [6, 6.07) is 6.08. The van der Waals surface area contributed by atoms with Gasteiger partial charge in [-0.2, -0.15) is 0 Å². The minimum absolute atomic E-state index is 0. The summed E-state index contributed by atoms with van der Waals surface area (Å²) in [5.41, 5.74) is 2.48. The topological polar surface area (TPSA) is 81.8 Å². The van der Waals surface area contributed by atoms with E-state index >= 15 is 0 Å².